The topological polar surface area (TPSA) is 138 Å². The average molecular weight is 642 g/mol. The molecule has 14 heteroatoms. The van der Waals surface area contributed by atoms with Crippen LogP contribution in [0.15, 0.2) is 59.0 Å². The number of benzene rings is 2. The Hall–Kier alpha value is -4.59. The summed E-state index contributed by atoms with van der Waals surface area (Å²) < 4.78 is 68.8. The van der Waals surface area contributed by atoms with Crippen molar-refractivity contribution in [1.82, 2.24) is 19.7 Å². The Bertz CT molecular complexity index is 1760. The fourth-order valence-electron chi connectivity index (χ4n) is 5.27. The molecule has 5 rings (SSSR count). The first-order valence-corrected chi connectivity index (χ1v) is 15.8. The SMILES string of the molecule is COc1cccc(OC)c1-n1c(NS(=O)(=O)[C@H]2C[C@H](c3ccc(F)cc3)CN(C(=O)OC(C)(C)C)C2)nnc1-c1ccc(C)o1. The summed E-state index contributed by atoms with van der Waals surface area (Å²) in [5, 5.41) is 7.38. The predicted octanol–water partition coefficient (Wildman–Crippen LogP) is 5.53. The number of sulfonamides is 1. The molecule has 1 saturated heterocycles. The zero-order valence-electron chi connectivity index (χ0n) is 25.9. The number of halogens is 1. The van der Waals surface area contributed by atoms with Crippen molar-refractivity contribution in [2.24, 2.45) is 0 Å². The molecule has 1 amide bonds. The molecule has 1 N–H and O–H groups in total. The molecule has 2 atom stereocenters. The molecule has 0 spiro atoms. The van der Waals surface area contributed by atoms with Crippen LogP contribution in [0.3, 0.4) is 0 Å². The lowest BCUT2D eigenvalue weighted by Gasteiger charge is -2.38. The normalized spacial score (nSPS) is 17.2. The molecule has 12 nitrogen and oxygen atoms in total. The van der Waals surface area contributed by atoms with E-state index in [1.807, 2.05) is 0 Å². The van der Waals surface area contributed by atoms with Gasteiger partial charge in [0, 0.05) is 19.0 Å². The third-order valence-electron chi connectivity index (χ3n) is 7.33. The maximum Gasteiger partial charge on any atom is 0.410 e. The molecule has 45 heavy (non-hydrogen) atoms. The molecule has 0 radical (unpaired) electrons. The van der Waals surface area contributed by atoms with Gasteiger partial charge in [-0.1, -0.05) is 18.2 Å². The second-order valence-electron chi connectivity index (χ2n) is 11.7. The van der Waals surface area contributed by atoms with Crippen LogP contribution in [0.4, 0.5) is 15.1 Å². The van der Waals surface area contributed by atoms with Crippen molar-refractivity contribution in [3.05, 3.63) is 71.7 Å². The van der Waals surface area contributed by atoms with E-state index in [9.17, 15) is 17.6 Å². The molecule has 3 heterocycles. The first kappa shape index (κ1) is 31.8. The van der Waals surface area contributed by atoms with E-state index in [4.69, 9.17) is 18.6 Å². The number of hydrogen-bond donors (Lipinski definition) is 1. The predicted molar refractivity (Wildman–Crippen MR) is 165 cm³/mol. The lowest BCUT2D eigenvalue weighted by molar-refractivity contribution is 0.0202. The molecular formula is C31H36FN5O7S. The number of aromatic nitrogens is 3. The summed E-state index contributed by atoms with van der Waals surface area (Å²) >= 11 is 0. The van der Waals surface area contributed by atoms with Crippen LogP contribution in [-0.2, 0) is 14.8 Å². The molecule has 2 aromatic carbocycles. The van der Waals surface area contributed by atoms with Gasteiger partial charge in [0.25, 0.3) is 0 Å². The zero-order valence-corrected chi connectivity index (χ0v) is 26.7. The number of amides is 1. The Morgan fingerprint density at radius 3 is 2.24 bits per heavy atom. The summed E-state index contributed by atoms with van der Waals surface area (Å²) in [6, 6.07) is 14.4. The molecule has 1 aliphatic heterocycles. The van der Waals surface area contributed by atoms with Gasteiger partial charge in [-0.2, -0.15) is 0 Å². The monoisotopic (exact) mass is 641 g/mol. The van der Waals surface area contributed by atoms with Crippen molar-refractivity contribution >= 4 is 22.1 Å². The van der Waals surface area contributed by atoms with E-state index in [1.165, 1.54) is 35.8 Å². The molecule has 0 unspecified atom stereocenters. The average Bonchev–Trinajstić information content (AvgIpc) is 3.61. The Morgan fingerprint density at radius 1 is 1.00 bits per heavy atom. The van der Waals surface area contributed by atoms with Crippen LogP contribution in [0, 0.1) is 12.7 Å². The number of likely N-dealkylation sites (tertiary alicyclic amines) is 1. The number of carbonyl (C=O) groups is 1. The number of hydrogen-bond acceptors (Lipinski definition) is 9. The first-order chi connectivity index (χ1) is 21.3. The highest BCUT2D eigenvalue weighted by atomic mass is 32.2. The minimum Gasteiger partial charge on any atom is -0.494 e. The highest BCUT2D eigenvalue weighted by Gasteiger charge is 2.40. The largest absolute Gasteiger partial charge is 0.494 e. The number of anilines is 1. The molecule has 1 fully saturated rings. The van der Waals surface area contributed by atoms with E-state index in [-0.39, 0.29) is 31.3 Å². The summed E-state index contributed by atoms with van der Waals surface area (Å²) in [5.41, 5.74) is 0.247. The van der Waals surface area contributed by atoms with E-state index in [1.54, 1.807) is 70.2 Å². The van der Waals surface area contributed by atoms with Gasteiger partial charge in [-0.3, -0.25) is 9.29 Å². The van der Waals surface area contributed by atoms with Crippen LogP contribution < -0.4 is 14.2 Å². The van der Waals surface area contributed by atoms with E-state index >= 15 is 0 Å². The summed E-state index contributed by atoms with van der Waals surface area (Å²) in [4.78, 5) is 14.6. The van der Waals surface area contributed by atoms with Crippen molar-refractivity contribution in [2.45, 2.75) is 50.9 Å². The molecule has 2 aromatic heterocycles. The number of para-hydroxylation sites is 1. The molecule has 240 valence electrons. The van der Waals surface area contributed by atoms with Gasteiger partial charge in [0.05, 0.1) is 19.5 Å². The fourth-order valence-corrected chi connectivity index (χ4v) is 6.68. The van der Waals surface area contributed by atoms with E-state index in [2.05, 4.69) is 14.9 Å². The summed E-state index contributed by atoms with van der Waals surface area (Å²) in [5.74, 6) is 0.906. The van der Waals surface area contributed by atoms with Crippen LogP contribution in [0.5, 0.6) is 11.5 Å². The van der Waals surface area contributed by atoms with E-state index in [0.717, 1.165) is 0 Å². The highest BCUT2D eigenvalue weighted by molar-refractivity contribution is 7.93. The second-order valence-corrected chi connectivity index (χ2v) is 13.7. The third kappa shape index (κ3) is 6.90. The van der Waals surface area contributed by atoms with Crippen LogP contribution >= 0.6 is 0 Å². The molecule has 4 aromatic rings. The minimum atomic E-state index is -4.24. The molecule has 0 bridgehead atoms. The molecule has 0 saturated carbocycles. The molecule has 0 aliphatic carbocycles. The lowest BCUT2D eigenvalue weighted by Crippen LogP contribution is -2.50. The van der Waals surface area contributed by atoms with E-state index in [0.29, 0.717) is 34.3 Å². The minimum absolute atomic E-state index is 0.141. The number of piperidine rings is 1. The van der Waals surface area contributed by atoms with Crippen LogP contribution in [0.2, 0.25) is 0 Å². The summed E-state index contributed by atoms with van der Waals surface area (Å²) in [7, 11) is -1.28. The number of methoxy groups -OCH3 is 2. The Balaban J connectivity index is 1.56. The number of ether oxygens (including phenoxy) is 3. The van der Waals surface area contributed by atoms with Crippen LogP contribution in [-0.4, -0.2) is 72.3 Å². The second kappa shape index (κ2) is 12.4. The van der Waals surface area contributed by atoms with Gasteiger partial charge in [-0.05, 0) is 76.1 Å². The zero-order chi connectivity index (χ0) is 32.5. The molecular weight excluding hydrogens is 605 g/mol. The maximum absolute atomic E-state index is 14.2. The summed E-state index contributed by atoms with van der Waals surface area (Å²) in [6.45, 7) is 7.04. The van der Waals surface area contributed by atoms with E-state index < -0.39 is 38.7 Å². The third-order valence-corrected chi connectivity index (χ3v) is 9.01. The number of carbonyl (C=O) groups excluding carboxylic acids is 1. The number of furan rings is 1. The van der Waals surface area contributed by atoms with Gasteiger partial charge in [0.1, 0.15) is 34.4 Å². The Morgan fingerprint density at radius 2 is 1.67 bits per heavy atom. The highest BCUT2D eigenvalue weighted by Crippen LogP contribution is 2.39. The number of rotatable bonds is 8. The number of aryl methyl sites for hydroxylation is 1. The maximum atomic E-state index is 14.2. The lowest BCUT2D eigenvalue weighted by atomic mass is 9.90. The Labute approximate surface area is 261 Å². The van der Waals surface area contributed by atoms with Crippen molar-refractivity contribution < 1.29 is 36.2 Å². The van der Waals surface area contributed by atoms with Crippen molar-refractivity contribution in [3.63, 3.8) is 0 Å². The van der Waals surface area contributed by atoms with Gasteiger partial charge >= 0.3 is 6.09 Å². The number of nitrogens with one attached hydrogen (secondary N) is 1. The van der Waals surface area contributed by atoms with Crippen LogP contribution in [0.1, 0.15) is 44.4 Å². The van der Waals surface area contributed by atoms with Gasteiger partial charge in [0.15, 0.2) is 5.76 Å². The van der Waals surface area contributed by atoms with Crippen LogP contribution in [0.25, 0.3) is 17.3 Å². The van der Waals surface area contributed by atoms with Gasteiger partial charge in [-0.25, -0.2) is 17.6 Å². The quantitative estimate of drug-likeness (QED) is 0.263. The summed E-state index contributed by atoms with van der Waals surface area (Å²) in [6.07, 6.45) is -0.497. The Kier molecular flexibility index (Phi) is 8.79. The fraction of sp³-hybridized carbons (Fsp3) is 0.387. The number of nitrogens with zero attached hydrogens (tertiary/aromatic N) is 4. The van der Waals surface area contributed by atoms with Crippen molar-refractivity contribution in [2.75, 3.05) is 32.0 Å². The van der Waals surface area contributed by atoms with Gasteiger partial charge in [-0.15, -0.1) is 10.2 Å². The van der Waals surface area contributed by atoms with Crippen molar-refractivity contribution in [3.8, 4) is 28.8 Å². The smallest absolute Gasteiger partial charge is 0.410 e. The van der Waals surface area contributed by atoms with Crippen molar-refractivity contribution in [1.29, 1.82) is 0 Å². The first-order valence-electron chi connectivity index (χ1n) is 14.3. The van der Waals surface area contributed by atoms with Gasteiger partial charge < -0.3 is 23.5 Å². The van der Waals surface area contributed by atoms with Gasteiger partial charge in [0.2, 0.25) is 21.8 Å². The standard InChI is InChI=1S/C31H36FN5O7S/c1-19-10-15-26(43-19)28-33-34-29(37(28)27-24(41-5)8-7-9-25(27)42-6)35-45(39,40)23-16-21(20-11-13-22(32)14-12-20)17-36(18-23)30(38)44-31(2,3)4/h7-15,21,23H,16-18H2,1-6H3,(H,34,35)/t21-,23-/m0/s1. The molecule has 1 aliphatic rings.